The van der Waals surface area contributed by atoms with Gasteiger partial charge in [-0.15, -0.1) is 11.3 Å². The van der Waals surface area contributed by atoms with Gasteiger partial charge in [0.25, 0.3) is 5.91 Å². The SMILES string of the molecule is CCN(CC)S(=O)(=O)c1ccc(NC(=O)COC(=O)c2cc3c(C)nn(-c4ccccc4Cl)c3s2)cc1. The van der Waals surface area contributed by atoms with E-state index in [-0.39, 0.29) is 4.90 Å². The van der Waals surface area contributed by atoms with Crippen LogP contribution in [0.3, 0.4) is 0 Å². The predicted octanol–water partition coefficient (Wildman–Crippen LogP) is 4.87. The molecule has 1 N–H and O–H groups in total. The highest BCUT2D eigenvalue weighted by molar-refractivity contribution is 7.89. The van der Waals surface area contributed by atoms with Crippen molar-refractivity contribution in [1.82, 2.24) is 14.1 Å². The van der Waals surface area contributed by atoms with Gasteiger partial charge in [0.1, 0.15) is 9.71 Å². The molecule has 0 radical (unpaired) electrons. The number of carbonyl (C=O) groups is 2. The Hall–Kier alpha value is -3.25. The fraction of sp³-hybridized carbons (Fsp3) is 0.240. The Balaban J connectivity index is 1.41. The van der Waals surface area contributed by atoms with Crippen LogP contribution in [0.15, 0.2) is 59.5 Å². The van der Waals surface area contributed by atoms with Crippen molar-refractivity contribution in [3.63, 3.8) is 0 Å². The number of rotatable bonds is 9. The molecule has 4 aromatic rings. The standard InChI is InChI=1S/C25H25ClN4O5S2/c1-4-29(5-2)37(33,34)18-12-10-17(11-13-18)27-23(31)15-35-25(32)22-14-19-16(3)28-30(24(19)36-22)21-9-7-6-8-20(21)26/h6-14H,4-5,15H2,1-3H3,(H,27,31). The van der Waals surface area contributed by atoms with Gasteiger partial charge >= 0.3 is 5.97 Å². The van der Waals surface area contributed by atoms with Gasteiger partial charge in [-0.2, -0.15) is 9.40 Å². The Morgan fingerprint density at radius 3 is 2.43 bits per heavy atom. The first-order chi connectivity index (χ1) is 17.6. The average molecular weight is 561 g/mol. The molecule has 0 aliphatic heterocycles. The summed E-state index contributed by atoms with van der Waals surface area (Å²) in [5.74, 6) is -1.19. The minimum Gasteiger partial charge on any atom is -0.451 e. The molecule has 0 aliphatic rings. The second-order valence-electron chi connectivity index (χ2n) is 8.02. The van der Waals surface area contributed by atoms with Crippen molar-refractivity contribution >= 4 is 60.7 Å². The number of nitrogens with one attached hydrogen (secondary N) is 1. The van der Waals surface area contributed by atoms with E-state index in [1.165, 1.54) is 39.9 Å². The third-order valence-electron chi connectivity index (χ3n) is 5.64. The van der Waals surface area contributed by atoms with Gasteiger partial charge in [-0.05, 0) is 49.4 Å². The zero-order valence-electron chi connectivity index (χ0n) is 20.4. The van der Waals surface area contributed by atoms with Gasteiger partial charge in [-0.3, -0.25) is 4.79 Å². The van der Waals surface area contributed by atoms with Crippen LogP contribution in [0.5, 0.6) is 0 Å². The zero-order chi connectivity index (χ0) is 26.7. The minimum atomic E-state index is -3.59. The number of sulfonamides is 1. The van der Waals surface area contributed by atoms with Crippen LogP contribution < -0.4 is 5.32 Å². The first kappa shape index (κ1) is 26.8. The van der Waals surface area contributed by atoms with Crippen molar-refractivity contribution in [2.75, 3.05) is 25.0 Å². The van der Waals surface area contributed by atoms with Crippen molar-refractivity contribution in [2.24, 2.45) is 0 Å². The fourth-order valence-electron chi connectivity index (χ4n) is 3.76. The van der Waals surface area contributed by atoms with Crippen molar-refractivity contribution in [3.8, 4) is 5.69 Å². The molecule has 0 unspecified atom stereocenters. The molecule has 2 heterocycles. The van der Waals surface area contributed by atoms with Gasteiger partial charge in [0.15, 0.2) is 6.61 Å². The molecule has 0 fully saturated rings. The van der Waals surface area contributed by atoms with E-state index in [0.717, 1.165) is 15.9 Å². The molecule has 37 heavy (non-hydrogen) atoms. The van der Waals surface area contributed by atoms with Crippen LogP contribution in [-0.4, -0.2) is 54.1 Å². The van der Waals surface area contributed by atoms with E-state index >= 15 is 0 Å². The first-order valence-electron chi connectivity index (χ1n) is 11.5. The maximum Gasteiger partial charge on any atom is 0.348 e. The van der Waals surface area contributed by atoms with E-state index in [9.17, 15) is 18.0 Å². The highest BCUT2D eigenvalue weighted by Crippen LogP contribution is 2.32. The first-order valence-corrected chi connectivity index (χ1v) is 14.1. The summed E-state index contributed by atoms with van der Waals surface area (Å²) in [6.07, 6.45) is 0. The second-order valence-corrected chi connectivity index (χ2v) is 11.4. The van der Waals surface area contributed by atoms with Crippen molar-refractivity contribution in [2.45, 2.75) is 25.7 Å². The van der Waals surface area contributed by atoms with Crippen LogP contribution in [0.2, 0.25) is 5.02 Å². The third kappa shape index (κ3) is 5.54. The van der Waals surface area contributed by atoms with Gasteiger partial charge in [-0.25, -0.2) is 17.9 Å². The summed E-state index contributed by atoms with van der Waals surface area (Å²) < 4.78 is 33.4. The zero-order valence-corrected chi connectivity index (χ0v) is 22.8. The van der Waals surface area contributed by atoms with E-state index in [4.69, 9.17) is 16.3 Å². The lowest BCUT2D eigenvalue weighted by Crippen LogP contribution is -2.30. The molecular formula is C25H25ClN4O5S2. The number of amides is 1. The number of fused-ring (bicyclic) bond motifs is 1. The number of hydrogen-bond acceptors (Lipinski definition) is 7. The number of carbonyl (C=O) groups excluding carboxylic acids is 2. The lowest BCUT2D eigenvalue weighted by molar-refractivity contribution is -0.119. The minimum absolute atomic E-state index is 0.135. The van der Waals surface area contributed by atoms with Crippen LogP contribution in [0.25, 0.3) is 15.9 Å². The summed E-state index contributed by atoms with van der Waals surface area (Å²) in [6.45, 7) is 5.60. The van der Waals surface area contributed by atoms with Crippen LogP contribution in [0, 0.1) is 6.92 Å². The number of para-hydroxylation sites is 1. The van der Waals surface area contributed by atoms with E-state index in [1.54, 1.807) is 30.7 Å². The van der Waals surface area contributed by atoms with Crippen molar-refractivity contribution in [3.05, 3.63) is 70.2 Å². The summed E-state index contributed by atoms with van der Waals surface area (Å²) in [4.78, 5) is 26.2. The van der Waals surface area contributed by atoms with E-state index in [2.05, 4.69) is 10.4 Å². The van der Waals surface area contributed by atoms with Crippen LogP contribution >= 0.6 is 22.9 Å². The summed E-state index contributed by atoms with van der Waals surface area (Å²) in [6, 6.07) is 14.8. The van der Waals surface area contributed by atoms with Crippen LogP contribution in [0.1, 0.15) is 29.2 Å². The average Bonchev–Trinajstić information content (AvgIpc) is 3.44. The number of halogens is 1. The lowest BCUT2D eigenvalue weighted by atomic mass is 10.3. The van der Waals surface area contributed by atoms with Crippen molar-refractivity contribution in [1.29, 1.82) is 0 Å². The van der Waals surface area contributed by atoms with Gasteiger partial charge in [-0.1, -0.05) is 37.6 Å². The molecule has 2 aromatic carbocycles. The quantitative estimate of drug-likeness (QED) is 0.292. The summed E-state index contributed by atoms with van der Waals surface area (Å²) >= 11 is 7.52. The number of aromatic nitrogens is 2. The van der Waals surface area contributed by atoms with E-state index in [1.807, 2.05) is 25.1 Å². The summed E-state index contributed by atoms with van der Waals surface area (Å²) in [7, 11) is -3.59. The number of ether oxygens (including phenoxy) is 1. The molecule has 0 aliphatic carbocycles. The third-order valence-corrected chi connectivity index (χ3v) is 9.12. The Kier molecular flexibility index (Phi) is 7.98. The Labute approximate surface area is 223 Å². The topological polar surface area (TPSA) is 111 Å². The highest BCUT2D eigenvalue weighted by atomic mass is 35.5. The largest absolute Gasteiger partial charge is 0.451 e. The highest BCUT2D eigenvalue weighted by Gasteiger charge is 2.22. The molecule has 0 saturated heterocycles. The molecule has 12 heteroatoms. The molecule has 1 amide bonds. The normalized spacial score (nSPS) is 11.7. The Morgan fingerprint density at radius 1 is 1.11 bits per heavy atom. The molecule has 0 spiro atoms. The fourth-order valence-corrected chi connectivity index (χ4v) is 6.50. The number of hydrogen-bond donors (Lipinski definition) is 1. The number of thiophene rings is 1. The predicted molar refractivity (Wildman–Crippen MR) is 144 cm³/mol. The molecular weight excluding hydrogens is 536 g/mol. The molecule has 4 rings (SSSR count). The molecule has 9 nitrogen and oxygen atoms in total. The maximum atomic E-state index is 12.7. The van der Waals surface area contributed by atoms with Gasteiger partial charge < -0.3 is 10.1 Å². The van der Waals surface area contributed by atoms with Crippen molar-refractivity contribution < 1.29 is 22.7 Å². The summed E-state index contributed by atoms with van der Waals surface area (Å²) in [5, 5.41) is 8.45. The van der Waals surface area contributed by atoms with E-state index < -0.39 is 28.5 Å². The maximum absolute atomic E-state index is 12.7. The number of nitrogens with zero attached hydrogens (tertiary/aromatic N) is 3. The Bertz CT molecular complexity index is 1560. The van der Waals surface area contributed by atoms with Crippen LogP contribution in [0.4, 0.5) is 5.69 Å². The molecule has 194 valence electrons. The number of esters is 1. The second kappa shape index (κ2) is 11.0. The van der Waals surface area contributed by atoms with Gasteiger partial charge in [0, 0.05) is 24.2 Å². The smallest absolute Gasteiger partial charge is 0.348 e. The number of anilines is 1. The molecule has 0 atom stereocenters. The van der Waals surface area contributed by atoms with Gasteiger partial charge in [0.05, 0.1) is 21.3 Å². The monoisotopic (exact) mass is 560 g/mol. The summed E-state index contributed by atoms with van der Waals surface area (Å²) in [5.41, 5.74) is 1.81. The van der Waals surface area contributed by atoms with Crippen LogP contribution in [-0.2, 0) is 19.6 Å². The van der Waals surface area contributed by atoms with E-state index in [0.29, 0.717) is 34.4 Å². The molecule has 0 saturated carbocycles. The Morgan fingerprint density at radius 2 is 1.78 bits per heavy atom. The number of aryl methyl sites for hydroxylation is 1. The van der Waals surface area contributed by atoms with Gasteiger partial charge in [0.2, 0.25) is 10.0 Å². The molecule has 2 aromatic heterocycles. The number of benzene rings is 2. The molecule has 0 bridgehead atoms. The lowest BCUT2D eigenvalue weighted by Gasteiger charge is -2.18.